The molecule has 0 aliphatic rings. The normalized spacial score (nSPS) is 11.6. The van der Waals surface area contributed by atoms with Crippen LogP contribution in [0, 0.1) is 6.92 Å². The average molecular weight is 387 g/mol. The number of aryl methyl sites for hydroxylation is 2. The highest BCUT2D eigenvalue weighted by atomic mass is 32.2. The Morgan fingerprint density at radius 3 is 2.50 bits per heavy atom. The largest absolute Gasteiger partial charge is 0.241 e. The first-order valence-corrected chi connectivity index (χ1v) is 11.1. The molecule has 0 radical (unpaired) electrons. The van der Waals surface area contributed by atoms with Crippen LogP contribution < -0.4 is 4.72 Å². The molecule has 0 fully saturated rings. The molecule has 3 aromatic rings. The van der Waals surface area contributed by atoms with Gasteiger partial charge in [0.2, 0.25) is 10.0 Å². The highest BCUT2D eigenvalue weighted by Gasteiger charge is 2.11. The second-order valence-electron chi connectivity index (χ2n) is 6.16. The zero-order valence-corrected chi connectivity index (χ0v) is 16.3. The molecular formula is C20H22N2O2S2. The van der Waals surface area contributed by atoms with Crippen LogP contribution in [0.15, 0.2) is 60.0 Å². The van der Waals surface area contributed by atoms with Gasteiger partial charge in [-0.25, -0.2) is 18.1 Å². The zero-order chi connectivity index (χ0) is 18.4. The fourth-order valence-electron chi connectivity index (χ4n) is 2.66. The summed E-state index contributed by atoms with van der Waals surface area (Å²) < 4.78 is 26.9. The Kier molecular flexibility index (Phi) is 6.19. The first-order valence-electron chi connectivity index (χ1n) is 8.55. The Morgan fingerprint density at radius 2 is 1.73 bits per heavy atom. The molecule has 1 N–H and O–H groups in total. The van der Waals surface area contributed by atoms with Gasteiger partial charge in [-0.2, -0.15) is 0 Å². The minimum absolute atomic E-state index is 0.0997. The zero-order valence-electron chi connectivity index (χ0n) is 14.7. The lowest BCUT2D eigenvalue weighted by Gasteiger charge is -2.06. The molecule has 0 unspecified atom stereocenters. The second kappa shape index (κ2) is 8.58. The molecule has 1 aromatic heterocycles. The molecule has 0 saturated carbocycles. The van der Waals surface area contributed by atoms with E-state index in [4.69, 9.17) is 0 Å². The molecule has 26 heavy (non-hydrogen) atoms. The van der Waals surface area contributed by atoms with Crippen molar-refractivity contribution in [2.75, 3.05) is 12.3 Å². The first-order chi connectivity index (χ1) is 12.5. The van der Waals surface area contributed by atoms with E-state index in [1.165, 1.54) is 5.56 Å². The highest BCUT2D eigenvalue weighted by molar-refractivity contribution is 7.89. The molecule has 0 aliphatic heterocycles. The predicted octanol–water partition coefficient (Wildman–Crippen LogP) is 3.82. The van der Waals surface area contributed by atoms with E-state index >= 15 is 0 Å². The van der Waals surface area contributed by atoms with Crippen molar-refractivity contribution in [3.63, 3.8) is 0 Å². The van der Waals surface area contributed by atoms with E-state index in [1.54, 1.807) is 11.3 Å². The van der Waals surface area contributed by atoms with Gasteiger partial charge in [0.1, 0.15) is 5.01 Å². The molecule has 0 aliphatic carbocycles. The molecule has 0 spiro atoms. The first kappa shape index (κ1) is 18.8. The number of nitrogens with zero attached hydrogens (tertiary/aromatic N) is 1. The molecule has 3 rings (SSSR count). The summed E-state index contributed by atoms with van der Waals surface area (Å²) in [6.45, 7) is 2.44. The summed E-state index contributed by atoms with van der Waals surface area (Å²) in [5.74, 6) is 0.0997. The van der Waals surface area contributed by atoms with E-state index in [9.17, 15) is 8.42 Å². The van der Waals surface area contributed by atoms with Crippen molar-refractivity contribution in [1.29, 1.82) is 0 Å². The van der Waals surface area contributed by atoms with Crippen LogP contribution in [0.2, 0.25) is 0 Å². The Morgan fingerprint density at radius 1 is 1.00 bits per heavy atom. The Labute approximate surface area is 159 Å². The number of hydrogen-bond acceptors (Lipinski definition) is 4. The number of thiazole rings is 1. The quantitative estimate of drug-likeness (QED) is 0.640. The van der Waals surface area contributed by atoms with Gasteiger partial charge in [0.15, 0.2) is 0 Å². The lowest BCUT2D eigenvalue weighted by molar-refractivity contribution is 0.580. The fraction of sp³-hybridized carbons (Fsp3) is 0.250. The molecule has 0 amide bonds. The van der Waals surface area contributed by atoms with Crippen LogP contribution >= 0.6 is 11.3 Å². The van der Waals surface area contributed by atoms with Crippen molar-refractivity contribution in [2.24, 2.45) is 0 Å². The van der Waals surface area contributed by atoms with Crippen LogP contribution in [0.4, 0.5) is 0 Å². The summed E-state index contributed by atoms with van der Waals surface area (Å²) in [5.41, 5.74) is 4.27. The molecule has 2 aromatic carbocycles. The van der Waals surface area contributed by atoms with Gasteiger partial charge in [-0.3, -0.25) is 0 Å². The van der Waals surface area contributed by atoms with E-state index in [0.29, 0.717) is 19.4 Å². The minimum Gasteiger partial charge on any atom is -0.241 e. The topological polar surface area (TPSA) is 59.1 Å². The number of rotatable bonds is 8. The highest BCUT2D eigenvalue weighted by Crippen LogP contribution is 2.26. The van der Waals surface area contributed by atoms with Gasteiger partial charge in [0, 0.05) is 23.9 Å². The molecule has 0 atom stereocenters. The lowest BCUT2D eigenvalue weighted by atomic mass is 10.1. The van der Waals surface area contributed by atoms with E-state index in [-0.39, 0.29) is 5.75 Å². The third-order valence-corrected chi connectivity index (χ3v) is 6.44. The summed E-state index contributed by atoms with van der Waals surface area (Å²) in [7, 11) is -3.28. The van der Waals surface area contributed by atoms with Gasteiger partial charge in [-0.05, 0) is 24.5 Å². The molecular weight excluding hydrogens is 364 g/mol. The Balaban J connectivity index is 1.51. The van der Waals surface area contributed by atoms with Gasteiger partial charge < -0.3 is 0 Å². The van der Waals surface area contributed by atoms with Crippen molar-refractivity contribution in [3.05, 3.63) is 76.8 Å². The summed E-state index contributed by atoms with van der Waals surface area (Å²) >= 11 is 1.59. The van der Waals surface area contributed by atoms with Crippen LogP contribution in [0.1, 0.15) is 16.8 Å². The smallest absolute Gasteiger partial charge is 0.211 e. The van der Waals surface area contributed by atoms with Crippen molar-refractivity contribution in [2.45, 2.75) is 19.8 Å². The summed E-state index contributed by atoms with van der Waals surface area (Å²) in [6.07, 6.45) is 1.11. The van der Waals surface area contributed by atoms with Gasteiger partial charge in [-0.1, -0.05) is 54.6 Å². The maximum Gasteiger partial charge on any atom is 0.211 e. The maximum absolute atomic E-state index is 12.1. The summed E-state index contributed by atoms with van der Waals surface area (Å²) in [5, 5.41) is 2.98. The van der Waals surface area contributed by atoms with Crippen LogP contribution in [0.25, 0.3) is 10.6 Å². The fourth-order valence-corrected chi connectivity index (χ4v) is 4.67. The maximum atomic E-state index is 12.1. The van der Waals surface area contributed by atoms with Gasteiger partial charge in [0.25, 0.3) is 0 Å². The van der Waals surface area contributed by atoms with Gasteiger partial charge in [0.05, 0.1) is 11.4 Å². The van der Waals surface area contributed by atoms with Crippen molar-refractivity contribution in [1.82, 2.24) is 9.71 Å². The Hall–Kier alpha value is -2.02. The molecule has 1 heterocycles. The lowest BCUT2D eigenvalue weighted by Crippen LogP contribution is -2.29. The molecule has 6 heteroatoms. The standard InChI is InChI=1S/C20H22N2O2S2/c1-16-7-5-6-10-19(16)20-22-18(15-25-20)11-13-21-26(23,24)14-12-17-8-3-2-4-9-17/h2-10,15,21H,11-14H2,1H3. The third-order valence-electron chi connectivity index (χ3n) is 4.13. The summed E-state index contributed by atoms with van der Waals surface area (Å²) in [4.78, 5) is 4.64. The van der Waals surface area contributed by atoms with Crippen molar-refractivity contribution >= 4 is 21.4 Å². The predicted molar refractivity (Wildman–Crippen MR) is 108 cm³/mol. The third kappa shape index (κ3) is 5.24. The molecule has 4 nitrogen and oxygen atoms in total. The van der Waals surface area contributed by atoms with Gasteiger partial charge >= 0.3 is 0 Å². The van der Waals surface area contributed by atoms with Gasteiger partial charge in [-0.15, -0.1) is 11.3 Å². The van der Waals surface area contributed by atoms with Crippen LogP contribution in [-0.4, -0.2) is 25.7 Å². The molecule has 0 bridgehead atoms. The van der Waals surface area contributed by atoms with E-state index in [0.717, 1.165) is 21.8 Å². The number of sulfonamides is 1. The monoisotopic (exact) mass is 386 g/mol. The SMILES string of the molecule is Cc1ccccc1-c1nc(CCNS(=O)(=O)CCc2ccccc2)cs1. The molecule has 136 valence electrons. The summed E-state index contributed by atoms with van der Waals surface area (Å²) in [6, 6.07) is 17.8. The van der Waals surface area contributed by atoms with E-state index in [2.05, 4.69) is 28.8 Å². The van der Waals surface area contributed by atoms with Crippen LogP contribution in [0.5, 0.6) is 0 Å². The number of benzene rings is 2. The van der Waals surface area contributed by atoms with Crippen LogP contribution in [-0.2, 0) is 22.9 Å². The molecule has 0 saturated heterocycles. The Bertz CT molecular complexity index is 951. The number of aromatic nitrogens is 1. The van der Waals surface area contributed by atoms with Crippen LogP contribution in [0.3, 0.4) is 0 Å². The second-order valence-corrected chi connectivity index (χ2v) is 8.94. The van der Waals surface area contributed by atoms with Crippen molar-refractivity contribution in [3.8, 4) is 10.6 Å². The average Bonchev–Trinajstić information content (AvgIpc) is 3.10. The number of nitrogens with one attached hydrogen (secondary N) is 1. The van der Waals surface area contributed by atoms with E-state index < -0.39 is 10.0 Å². The van der Waals surface area contributed by atoms with E-state index in [1.807, 2.05) is 47.8 Å². The number of hydrogen-bond donors (Lipinski definition) is 1. The van der Waals surface area contributed by atoms with Crippen molar-refractivity contribution < 1.29 is 8.42 Å². The minimum atomic E-state index is -3.28.